The van der Waals surface area contributed by atoms with Gasteiger partial charge in [-0.05, 0) is 35.9 Å². The van der Waals surface area contributed by atoms with Crippen LogP contribution >= 0.6 is 0 Å². The van der Waals surface area contributed by atoms with Crippen LogP contribution in [-0.2, 0) is 9.59 Å². The van der Waals surface area contributed by atoms with Gasteiger partial charge in [0.1, 0.15) is 5.76 Å². The fourth-order valence-corrected chi connectivity index (χ4v) is 2.54. The third-order valence-corrected chi connectivity index (χ3v) is 3.65. The zero-order valence-electron chi connectivity index (χ0n) is 12.3. The number of likely N-dealkylation sites (N-methyl/N-ethyl adjacent to an activating group) is 1. The van der Waals surface area contributed by atoms with Crippen LogP contribution in [-0.4, -0.2) is 33.7 Å². The van der Waals surface area contributed by atoms with Gasteiger partial charge in [0.15, 0.2) is 11.5 Å². The Morgan fingerprint density at radius 3 is 2.87 bits per heavy atom. The highest BCUT2D eigenvalue weighted by Crippen LogP contribution is 2.36. The average molecular weight is 310 g/mol. The van der Waals surface area contributed by atoms with Gasteiger partial charge in [0, 0.05) is 19.4 Å². The zero-order valence-corrected chi connectivity index (χ0v) is 12.3. The number of aliphatic hydroxyl groups excluding tert-OH is 1. The number of amides is 1. The number of carbonyl (C=O) groups excluding carboxylic acids is 2. The van der Waals surface area contributed by atoms with Crippen LogP contribution in [0.2, 0.25) is 0 Å². The van der Waals surface area contributed by atoms with E-state index in [2.05, 4.69) is 4.98 Å². The van der Waals surface area contributed by atoms with Crippen molar-refractivity contribution in [1.29, 1.82) is 0 Å². The summed E-state index contributed by atoms with van der Waals surface area (Å²) in [6, 6.07) is 6.20. The maximum absolute atomic E-state index is 12.5. The summed E-state index contributed by atoms with van der Waals surface area (Å²) in [5, 5.41) is 10.1. The van der Waals surface area contributed by atoms with Crippen molar-refractivity contribution in [2.75, 3.05) is 7.05 Å². The quantitative estimate of drug-likeness (QED) is 0.876. The molecule has 1 unspecified atom stereocenters. The first-order valence-corrected chi connectivity index (χ1v) is 6.95. The van der Waals surface area contributed by atoms with Gasteiger partial charge in [-0.15, -0.1) is 0 Å². The molecule has 2 aromatic rings. The molecule has 1 N–H and O–H groups in total. The second-order valence-corrected chi connectivity index (χ2v) is 5.08. The Balaban J connectivity index is 1.96. The van der Waals surface area contributed by atoms with E-state index in [1.807, 2.05) is 0 Å². The Morgan fingerprint density at radius 2 is 2.22 bits per heavy atom. The number of hydrogen-bond acceptors (Lipinski definition) is 5. The zero-order chi connectivity index (χ0) is 16.4. The van der Waals surface area contributed by atoms with Gasteiger partial charge in [0.25, 0.3) is 5.91 Å². The Bertz CT molecular complexity index is 791. The minimum atomic E-state index is -0.662. The van der Waals surface area contributed by atoms with E-state index in [9.17, 15) is 14.7 Å². The number of ketones is 1. The largest absolute Gasteiger partial charge is 0.503 e. The minimum Gasteiger partial charge on any atom is -0.503 e. The monoisotopic (exact) mass is 310 g/mol. The van der Waals surface area contributed by atoms with Crippen LogP contribution in [0.1, 0.15) is 17.4 Å². The molecule has 2 aromatic heterocycles. The summed E-state index contributed by atoms with van der Waals surface area (Å²) in [4.78, 5) is 29.8. The lowest BCUT2D eigenvalue weighted by Gasteiger charge is -2.21. The van der Waals surface area contributed by atoms with Crippen molar-refractivity contribution < 1.29 is 19.1 Å². The first-order chi connectivity index (χ1) is 11.1. The van der Waals surface area contributed by atoms with E-state index in [-0.39, 0.29) is 5.57 Å². The van der Waals surface area contributed by atoms with Crippen LogP contribution in [0.3, 0.4) is 0 Å². The van der Waals surface area contributed by atoms with E-state index in [4.69, 9.17) is 4.42 Å². The highest BCUT2D eigenvalue weighted by molar-refractivity contribution is 6.14. The first kappa shape index (κ1) is 14.8. The standard InChI is InChI=1S/C17H14N2O4/c1-19-15(11-4-2-8-18-10-11)14(16(21)17(19)22)13(20)7-6-12-5-3-9-23-12/h2-10,15,21H,1H3/b7-6+. The van der Waals surface area contributed by atoms with Crippen molar-refractivity contribution in [2.24, 2.45) is 0 Å². The number of hydrogen-bond donors (Lipinski definition) is 1. The summed E-state index contributed by atoms with van der Waals surface area (Å²) >= 11 is 0. The average Bonchev–Trinajstić information content (AvgIpc) is 3.16. The molecule has 3 heterocycles. The molecular weight excluding hydrogens is 296 g/mol. The van der Waals surface area contributed by atoms with Gasteiger partial charge in [0.05, 0.1) is 17.9 Å². The molecule has 0 aromatic carbocycles. The molecule has 0 saturated carbocycles. The second kappa shape index (κ2) is 5.92. The molecule has 6 nitrogen and oxygen atoms in total. The molecule has 1 aliphatic rings. The van der Waals surface area contributed by atoms with Crippen molar-refractivity contribution in [1.82, 2.24) is 9.88 Å². The van der Waals surface area contributed by atoms with Crippen molar-refractivity contribution in [2.45, 2.75) is 6.04 Å². The number of allylic oxidation sites excluding steroid dienone is 1. The fourth-order valence-electron chi connectivity index (χ4n) is 2.54. The van der Waals surface area contributed by atoms with Gasteiger partial charge < -0.3 is 14.4 Å². The lowest BCUT2D eigenvalue weighted by molar-refractivity contribution is -0.128. The maximum atomic E-state index is 12.5. The van der Waals surface area contributed by atoms with E-state index < -0.39 is 23.5 Å². The van der Waals surface area contributed by atoms with E-state index in [0.717, 1.165) is 0 Å². The van der Waals surface area contributed by atoms with Crippen molar-refractivity contribution in [3.05, 3.63) is 71.7 Å². The molecule has 1 atom stereocenters. The minimum absolute atomic E-state index is 0.0355. The molecule has 6 heteroatoms. The molecular formula is C17H14N2O4. The lowest BCUT2D eigenvalue weighted by atomic mass is 9.97. The van der Waals surface area contributed by atoms with Gasteiger partial charge in [0.2, 0.25) is 0 Å². The number of carbonyl (C=O) groups is 2. The molecule has 0 bridgehead atoms. The molecule has 3 rings (SSSR count). The molecule has 0 fully saturated rings. The molecule has 1 aliphatic heterocycles. The highest BCUT2D eigenvalue weighted by Gasteiger charge is 2.40. The lowest BCUT2D eigenvalue weighted by Crippen LogP contribution is -2.26. The summed E-state index contributed by atoms with van der Waals surface area (Å²) in [6.45, 7) is 0. The number of nitrogens with zero attached hydrogens (tertiary/aromatic N) is 2. The third-order valence-electron chi connectivity index (χ3n) is 3.65. The Morgan fingerprint density at radius 1 is 1.39 bits per heavy atom. The summed E-state index contributed by atoms with van der Waals surface area (Å²) in [6.07, 6.45) is 7.43. The van der Waals surface area contributed by atoms with Crippen LogP contribution in [0.15, 0.2) is 64.7 Å². The van der Waals surface area contributed by atoms with Crippen molar-refractivity contribution >= 4 is 17.8 Å². The Labute approximate surface area is 132 Å². The normalized spacial score (nSPS) is 18.2. The summed E-state index contributed by atoms with van der Waals surface area (Å²) < 4.78 is 5.12. The number of furan rings is 1. The maximum Gasteiger partial charge on any atom is 0.289 e. The topological polar surface area (TPSA) is 83.6 Å². The molecule has 0 saturated heterocycles. The first-order valence-electron chi connectivity index (χ1n) is 6.95. The van der Waals surface area contributed by atoms with Crippen LogP contribution in [0.4, 0.5) is 0 Å². The third kappa shape index (κ3) is 2.66. The molecule has 0 aliphatic carbocycles. The highest BCUT2D eigenvalue weighted by atomic mass is 16.3. The van der Waals surface area contributed by atoms with Gasteiger partial charge in [-0.3, -0.25) is 14.6 Å². The van der Waals surface area contributed by atoms with Crippen molar-refractivity contribution in [3.8, 4) is 0 Å². The molecule has 23 heavy (non-hydrogen) atoms. The van der Waals surface area contributed by atoms with Gasteiger partial charge in [-0.2, -0.15) is 0 Å². The van der Waals surface area contributed by atoms with Crippen LogP contribution < -0.4 is 0 Å². The number of rotatable bonds is 4. The predicted octanol–water partition coefficient (Wildman–Crippen LogP) is 2.28. The Hall–Kier alpha value is -3.15. The molecule has 0 radical (unpaired) electrons. The molecule has 1 amide bonds. The number of aromatic nitrogens is 1. The van der Waals surface area contributed by atoms with Crippen LogP contribution in [0.5, 0.6) is 0 Å². The van der Waals surface area contributed by atoms with E-state index >= 15 is 0 Å². The van der Waals surface area contributed by atoms with Crippen LogP contribution in [0, 0.1) is 0 Å². The van der Waals surface area contributed by atoms with E-state index in [1.54, 1.807) is 36.7 Å². The number of aliphatic hydroxyl groups is 1. The van der Waals surface area contributed by atoms with E-state index in [1.165, 1.54) is 30.4 Å². The van der Waals surface area contributed by atoms with Gasteiger partial charge >= 0.3 is 0 Å². The molecule has 0 spiro atoms. The van der Waals surface area contributed by atoms with E-state index in [0.29, 0.717) is 11.3 Å². The SMILES string of the molecule is CN1C(=O)C(O)=C(C(=O)/C=C/c2ccco2)C1c1cccnc1. The summed E-state index contributed by atoms with van der Waals surface area (Å²) in [7, 11) is 1.53. The number of pyridine rings is 1. The smallest absolute Gasteiger partial charge is 0.289 e. The van der Waals surface area contributed by atoms with Gasteiger partial charge in [-0.25, -0.2) is 0 Å². The second-order valence-electron chi connectivity index (χ2n) is 5.08. The van der Waals surface area contributed by atoms with Gasteiger partial charge in [-0.1, -0.05) is 6.07 Å². The summed E-state index contributed by atoms with van der Waals surface area (Å²) in [5.41, 5.74) is 0.690. The van der Waals surface area contributed by atoms with Crippen LogP contribution in [0.25, 0.3) is 6.08 Å². The fraction of sp³-hybridized carbons (Fsp3) is 0.118. The predicted molar refractivity (Wildman–Crippen MR) is 82.2 cm³/mol. The Kier molecular flexibility index (Phi) is 3.80. The van der Waals surface area contributed by atoms with Crippen molar-refractivity contribution in [3.63, 3.8) is 0 Å². The molecule has 116 valence electrons. The summed E-state index contributed by atoms with van der Waals surface area (Å²) in [5.74, 6) is -1.07.